The molecule has 70 valence electrons. The maximum absolute atomic E-state index is 2.68. The van der Waals surface area contributed by atoms with Crippen LogP contribution in [0.25, 0.3) is 0 Å². The van der Waals surface area contributed by atoms with E-state index in [0.29, 0.717) is 0 Å². The summed E-state index contributed by atoms with van der Waals surface area (Å²) in [6.45, 7) is 11.6. The van der Waals surface area contributed by atoms with Crippen LogP contribution in [0, 0.1) is 11.8 Å². The van der Waals surface area contributed by atoms with Crippen LogP contribution in [0.4, 0.5) is 0 Å². The average Bonchev–Trinajstić information content (AvgIpc) is 2.18. The fourth-order valence-electron chi connectivity index (χ4n) is 0. The van der Waals surface area contributed by atoms with Gasteiger partial charge in [-0.05, 0) is 41.5 Å². The van der Waals surface area contributed by atoms with Gasteiger partial charge in [0.1, 0.15) is 0 Å². The summed E-state index contributed by atoms with van der Waals surface area (Å²) in [6.07, 6.45) is 8.00. The minimum absolute atomic E-state index is 1.82. The largest absolute Gasteiger partial charge is 0.107 e. The summed E-state index contributed by atoms with van der Waals surface area (Å²) >= 11 is 0. The van der Waals surface area contributed by atoms with Crippen LogP contribution in [0.5, 0.6) is 0 Å². The van der Waals surface area contributed by atoms with E-state index in [1.807, 2.05) is 65.8 Å². The molecule has 0 spiro atoms. The van der Waals surface area contributed by atoms with Crippen molar-refractivity contribution in [3.8, 4) is 11.8 Å². The Morgan fingerprint density at radius 2 is 0.750 bits per heavy atom. The van der Waals surface area contributed by atoms with Crippen molar-refractivity contribution in [2.24, 2.45) is 0 Å². The Morgan fingerprint density at radius 1 is 0.583 bits per heavy atom. The lowest BCUT2D eigenvalue weighted by Gasteiger charge is -1.49. The highest BCUT2D eigenvalue weighted by Crippen LogP contribution is 1.57. The van der Waals surface area contributed by atoms with Gasteiger partial charge in [-0.2, -0.15) is 0 Å². The lowest BCUT2D eigenvalue weighted by molar-refractivity contribution is 1.64. The van der Waals surface area contributed by atoms with Gasteiger partial charge in [-0.15, -0.1) is 11.8 Å². The molecule has 0 saturated carbocycles. The van der Waals surface area contributed by atoms with Gasteiger partial charge >= 0.3 is 0 Å². The van der Waals surface area contributed by atoms with Gasteiger partial charge in [-0.1, -0.05) is 24.3 Å². The van der Waals surface area contributed by atoms with Crippen LogP contribution in [-0.4, -0.2) is 0 Å². The van der Waals surface area contributed by atoms with Crippen molar-refractivity contribution < 1.29 is 0 Å². The number of hydrogen-bond donors (Lipinski definition) is 0. The maximum Gasteiger partial charge on any atom is -0.00271 e. The van der Waals surface area contributed by atoms with Crippen LogP contribution in [0.2, 0.25) is 0 Å². The predicted molar refractivity (Wildman–Crippen MR) is 60.1 cm³/mol. The van der Waals surface area contributed by atoms with Crippen molar-refractivity contribution >= 4 is 0 Å². The van der Waals surface area contributed by atoms with Gasteiger partial charge in [-0.3, -0.25) is 0 Å². The van der Waals surface area contributed by atoms with E-state index in [-0.39, 0.29) is 0 Å². The summed E-state index contributed by atoms with van der Waals surface area (Å²) in [5, 5.41) is 0. The first-order valence-corrected chi connectivity index (χ1v) is 4.23. The molecule has 0 bridgehead atoms. The molecule has 0 nitrogen and oxygen atoms in total. The Hall–Kier alpha value is -0.960. The van der Waals surface area contributed by atoms with E-state index >= 15 is 0 Å². The summed E-state index contributed by atoms with van der Waals surface area (Å²) < 4.78 is 0. The summed E-state index contributed by atoms with van der Waals surface area (Å²) in [5.74, 6) is 5.36. The minimum Gasteiger partial charge on any atom is -0.107 e. The molecule has 0 saturated heterocycles. The molecule has 0 aliphatic rings. The highest BCUT2D eigenvalue weighted by molar-refractivity contribution is 4.89. The van der Waals surface area contributed by atoms with Crippen LogP contribution in [0.3, 0.4) is 0 Å². The Balaban J connectivity index is -0.000000101. The lowest BCUT2D eigenvalue weighted by atomic mass is 10.6. The Morgan fingerprint density at radius 3 is 0.750 bits per heavy atom. The molecule has 0 amide bonds. The molecule has 0 fully saturated rings. The van der Waals surface area contributed by atoms with Crippen LogP contribution in [-0.2, 0) is 0 Å². The smallest absolute Gasteiger partial charge is 0.00271 e. The van der Waals surface area contributed by atoms with Crippen LogP contribution in [0.1, 0.15) is 41.5 Å². The molecule has 0 N–H and O–H groups in total. The third kappa shape index (κ3) is 140. The summed E-state index contributed by atoms with van der Waals surface area (Å²) in [6, 6.07) is 0. The zero-order chi connectivity index (χ0) is 10.2. The molecule has 0 rings (SSSR count). The van der Waals surface area contributed by atoms with Gasteiger partial charge in [0.15, 0.2) is 0 Å². The second kappa shape index (κ2) is 32.3. The highest BCUT2D eigenvalue weighted by atomic mass is 13.4. The Labute approximate surface area is 78.4 Å². The van der Waals surface area contributed by atoms with Gasteiger partial charge in [0, 0.05) is 0 Å². The van der Waals surface area contributed by atoms with E-state index in [1.165, 1.54) is 0 Å². The molecule has 0 atom stereocenters. The van der Waals surface area contributed by atoms with E-state index in [4.69, 9.17) is 0 Å². The fourth-order valence-corrected chi connectivity index (χ4v) is 0. The molecule has 0 radical (unpaired) electrons. The van der Waals surface area contributed by atoms with Gasteiger partial charge < -0.3 is 0 Å². The molecule has 12 heavy (non-hydrogen) atoms. The van der Waals surface area contributed by atoms with E-state index in [0.717, 1.165) is 0 Å². The van der Waals surface area contributed by atoms with E-state index in [9.17, 15) is 0 Å². The van der Waals surface area contributed by atoms with Gasteiger partial charge in [-0.25, -0.2) is 0 Å². The summed E-state index contributed by atoms with van der Waals surface area (Å²) in [7, 11) is 0. The monoisotopic (exact) mass is 166 g/mol. The molecule has 0 aromatic carbocycles. The lowest BCUT2D eigenvalue weighted by Crippen LogP contribution is -1.28. The van der Waals surface area contributed by atoms with Gasteiger partial charge in [0.25, 0.3) is 0 Å². The van der Waals surface area contributed by atoms with E-state index in [1.54, 1.807) is 0 Å². The van der Waals surface area contributed by atoms with Crippen molar-refractivity contribution in [3.63, 3.8) is 0 Å². The first kappa shape index (κ1) is 17.2. The standard InChI is InChI=1S/2C4H8.C4H6/c3*1-3-4-2/h2*3-4H,1-2H3;1-2H3/b4-3+;4-3-;. The van der Waals surface area contributed by atoms with Gasteiger partial charge in [0.2, 0.25) is 0 Å². The molecule has 0 aliphatic heterocycles. The molecule has 0 heterocycles. The van der Waals surface area contributed by atoms with Crippen molar-refractivity contribution in [1.29, 1.82) is 0 Å². The van der Waals surface area contributed by atoms with E-state index in [2.05, 4.69) is 11.8 Å². The van der Waals surface area contributed by atoms with Crippen LogP contribution >= 0.6 is 0 Å². The van der Waals surface area contributed by atoms with Crippen molar-refractivity contribution in [2.45, 2.75) is 41.5 Å². The predicted octanol–water partition coefficient (Wildman–Crippen LogP) is 4.19. The molecule has 0 aliphatic carbocycles. The van der Waals surface area contributed by atoms with Crippen molar-refractivity contribution in [1.82, 2.24) is 0 Å². The Kier molecular flexibility index (Phi) is 46.3. The number of rotatable bonds is 0. The van der Waals surface area contributed by atoms with Crippen molar-refractivity contribution in [3.05, 3.63) is 24.3 Å². The second-order valence-electron chi connectivity index (χ2n) is 1.83. The molecular weight excluding hydrogens is 144 g/mol. The summed E-state index contributed by atoms with van der Waals surface area (Å²) in [5.41, 5.74) is 0. The van der Waals surface area contributed by atoms with Crippen LogP contribution in [0.15, 0.2) is 24.3 Å². The van der Waals surface area contributed by atoms with Crippen molar-refractivity contribution in [2.75, 3.05) is 0 Å². The fraction of sp³-hybridized carbons (Fsp3) is 0.500. The molecule has 0 aromatic heterocycles. The zero-order valence-corrected chi connectivity index (χ0v) is 9.31. The third-order valence-electron chi connectivity index (χ3n) is 0.917. The van der Waals surface area contributed by atoms with Crippen LogP contribution < -0.4 is 0 Å². The number of hydrogen-bond acceptors (Lipinski definition) is 0. The molecule has 0 unspecified atom stereocenters. The topological polar surface area (TPSA) is 0 Å². The molecule has 0 heteroatoms. The highest BCUT2D eigenvalue weighted by Gasteiger charge is 1.34. The molecule has 0 aromatic rings. The first-order valence-electron chi connectivity index (χ1n) is 4.23. The van der Waals surface area contributed by atoms with Gasteiger partial charge in [0.05, 0.1) is 0 Å². The summed E-state index contributed by atoms with van der Waals surface area (Å²) in [4.78, 5) is 0. The molecular formula is C12H22. The average molecular weight is 166 g/mol. The SMILES string of the molecule is C/C=C/C.C/C=C\C.CC#CC. The second-order valence-corrected chi connectivity index (χ2v) is 1.83. The normalized spacial score (nSPS) is 7.50. The third-order valence-corrected chi connectivity index (χ3v) is 0.917. The quantitative estimate of drug-likeness (QED) is 0.374. The Bertz CT molecular complexity index is 115. The maximum atomic E-state index is 2.68. The van der Waals surface area contributed by atoms with E-state index < -0.39 is 0 Å². The zero-order valence-electron chi connectivity index (χ0n) is 9.31. The minimum atomic E-state index is 1.82. The first-order chi connectivity index (χ1) is 5.74. The number of allylic oxidation sites excluding steroid dienone is 4.